The molecule has 6 heteroatoms. The van der Waals surface area contributed by atoms with Crippen LogP contribution in [0.5, 0.6) is 0 Å². The SMILES string of the molecule is CCCCCCCC/C=C\CCCCCCCC(=O)OCCCCCCCCCCCCCC/C=C\CCCCCCCCCCCCCCCCCCC(=O)NC(CO)C(O)/C=C/CCCCCCCCCC. The van der Waals surface area contributed by atoms with Gasteiger partial charge < -0.3 is 20.3 Å². The minimum absolute atomic E-state index is 0.0100. The maximum atomic E-state index is 12.4. The minimum Gasteiger partial charge on any atom is -0.466 e. The van der Waals surface area contributed by atoms with Crippen LogP contribution in [0.2, 0.25) is 0 Å². The second kappa shape index (κ2) is 63.6. The summed E-state index contributed by atoms with van der Waals surface area (Å²) in [6.07, 6.45) is 80.8. The fraction of sp³-hybridized carbons (Fsp3) is 0.882. The minimum atomic E-state index is -0.840. The number of aliphatic hydroxyl groups is 2. The lowest BCUT2D eigenvalue weighted by atomic mass is 10.0. The van der Waals surface area contributed by atoms with E-state index in [0.29, 0.717) is 19.4 Å². The van der Waals surface area contributed by atoms with Crippen LogP contribution in [0.15, 0.2) is 36.5 Å². The molecule has 3 N–H and O–H groups in total. The molecule has 0 aliphatic heterocycles. The van der Waals surface area contributed by atoms with E-state index in [9.17, 15) is 19.8 Å². The topological polar surface area (TPSA) is 95.9 Å². The summed E-state index contributed by atoms with van der Waals surface area (Å²) in [5, 5.41) is 23.0. The third-order valence-electron chi connectivity index (χ3n) is 15.4. The van der Waals surface area contributed by atoms with Gasteiger partial charge in [-0.15, -0.1) is 0 Å². The number of hydrogen-bond acceptors (Lipinski definition) is 5. The summed E-state index contributed by atoms with van der Waals surface area (Å²) in [6.45, 7) is 4.89. The van der Waals surface area contributed by atoms with Crippen molar-refractivity contribution in [2.75, 3.05) is 13.2 Å². The standard InChI is InChI=1S/C68H129NO5/c1-3-5-7-9-11-13-15-16-35-39-42-46-50-54-58-62-68(73)74-63-59-55-51-47-43-40-37-34-32-30-28-26-24-22-20-18-17-19-21-23-25-27-29-31-33-36-38-41-45-49-53-57-61-67(72)69-65(64-70)66(71)60-56-52-48-44-14-12-10-8-6-4-2/h16,20,22,35,56,60,65-66,70-71H,3-15,17-19,21,23-34,36-55,57-59,61-64H2,1-2H3,(H,69,72)/b22-20-,35-16-,60-56+. The molecule has 0 saturated carbocycles. The van der Waals surface area contributed by atoms with Crippen molar-refractivity contribution in [1.29, 1.82) is 0 Å². The fourth-order valence-corrected chi connectivity index (χ4v) is 10.3. The number of amides is 1. The van der Waals surface area contributed by atoms with E-state index >= 15 is 0 Å². The third kappa shape index (κ3) is 59.3. The zero-order valence-corrected chi connectivity index (χ0v) is 49.8. The van der Waals surface area contributed by atoms with Crippen LogP contribution in [0.4, 0.5) is 0 Å². The highest BCUT2D eigenvalue weighted by Crippen LogP contribution is 2.17. The van der Waals surface area contributed by atoms with Crippen molar-refractivity contribution in [2.45, 2.75) is 373 Å². The average Bonchev–Trinajstić information content (AvgIpc) is 3.40. The molecule has 0 aromatic heterocycles. The van der Waals surface area contributed by atoms with Gasteiger partial charge in [0.15, 0.2) is 0 Å². The van der Waals surface area contributed by atoms with Crippen molar-refractivity contribution in [3.63, 3.8) is 0 Å². The van der Waals surface area contributed by atoms with Gasteiger partial charge in [-0.1, -0.05) is 301 Å². The van der Waals surface area contributed by atoms with Crippen molar-refractivity contribution in [1.82, 2.24) is 5.32 Å². The number of rotatable bonds is 62. The number of allylic oxidation sites excluding steroid dienone is 5. The van der Waals surface area contributed by atoms with Crippen LogP contribution >= 0.6 is 0 Å². The Bertz CT molecular complexity index is 1200. The quantitative estimate of drug-likeness (QED) is 0.0320. The Kier molecular flexibility index (Phi) is 62.0. The van der Waals surface area contributed by atoms with Crippen molar-refractivity contribution in [2.24, 2.45) is 0 Å². The summed E-state index contributed by atoms with van der Waals surface area (Å²) in [5.41, 5.74) is 0. The highest BCUT2D eigenvalue weighted by Gasteiger charge is 2.18. The zero-order chi connectivity index (χ0) is 53.6. The van der Waals surface area contributed by atoms with Crippen molar-refractivity contribution < 1.29 is 24.5 Å². The molecular formula is C68H129NO5. The first kappa shape index (κ1) is 72.1. The van der Waals surface area contributed by atoms with Crippen LogP contribution in [0.3, 0.4) is 0 Å². The van der Waals surface area contributed by atoms with E-state index in [-0.39, 0.29) is 18.5 Å². The first-order valence-corrected chi connectivity index (χ1v) is 33.3. The molecule has 0 aromatic rings. The molecule has 0 rings (SSSR count). The van der Waals surface area contributed by atoms with Gasteiger partial charge in [0.05, 0.1) is 25.4 Å². The lowest BCUT2D eigenvalue weighted by Crippen LogP contribution is -2.45. The molecule has 0 bridgehead atoms. The van der Waals surface area contributed by atoms with Crippen molar-refractivity contribution in [3.05, 3.63) is 36.5 Å². The van der Waals surface area contributed by atoms with Gasteiger partial charge in [0.2, 0.25) is 5.91 Å². The van der Waals surface area contributed by atoms with Crippen LogP contribution in [0.25, 0.3) is 0 Å². The second-order valence-corrected chi connectivity index (χ2v) is 22.8. The highest BCUT2D eigenvalue weighted by molar-refractivity contribution is 5.76. The monoisotopic (exact) mass is 1040 g/mol. The molecule has 0 spiro atoms. The summed E-state index contributed by atoms with van der Waals surface area (Å²) in [6, 6.07) is -0.624. The maximum absolute atomic E-state index is 12.4. The van der Waals surface area contributed by atoms with Gasteiger partial charge in [0.25, 0.3) is 0 Å². The molecule has 6 nitrogen and oxygen atoms in total. The molecule has 0 radical (unpaired) electrons. The van der Waals surface area contributed by atoms with Crippen LogP contribution in [0.1, 0.15) is 361 Å². The molecule has 0 aromatic carbocycles. The van der Waals surface area contributed by atoms with E-state index < -0.39 is 12.1 Å². The summed E-state index contributed by atoms with van der Waals surface area (Å²) in [7, 11) is 0. The number of unbranched alkanes of at least 4 members (excludes halogenated alkanes) is 47. The summed E-state index contributed by atoms with van der Waals surface area (Å²) in [4.78, 5) is 24.5. The highest BCUT2D eigenvalue weighted by atomic mass is 16.5. The van der Waals surface area contributed by atoms with Crippen LogP contribution < -0.4 is 5.32 Å². The Hall–Kier alpha value is -1.92. The Morgan fingerprint density at radius 3 is 0.959 bits per heavy atom. The summed E-state index contributed by atoms with van der Waals surface area (Å²) >= 11 is 0. The van der Waals surface area contributed by atoms with Gasteiger partial charge in [-0.25, -0.2) is 0 Å². The summed E-state index contributed by atoms with van der Waals surface area (Å²) in [5.74, 6) is -0.0564. The Labute approximate surface area is 462 Å². The molecule has 74 heavy (non-hydrogen) atoms. The maximum Gasteiger partial charge on any atom is 0.305 e. The molecule has 2 atom stereocenters. The third-order valence-corrected chi connectivity index (χ3v) is 15.4. The largest absolute Gasteiger partial charge is 0.466 e. The predicted molar refractivity (Wildman–Crippen MR) is 324 cm³/mol. The molecule has 1 amide bonds. The Morgan fingerprint density at radius 2 is 0.635 bits per heavy atom. The van der Waals surface area contributed by atoms with Crippen LogP contribution in [0, 0.1) is 0 Å². The van der Waals surface area contributed by atoms with Gasteiger partial charge in [0, 0.05) is 12.8 Å². The van der Waals surface area contributed by atoms with E-state index in [1.165, 1.54) is 289 Å². The van der Waals surface area contributed by atoms with E-state index in [1.54, 1.807) is 6.08 Å². The molecule has 0 heterocycles. The van der Waals surface area contributed by atoms with Gasteiger partial charge in [0.1, 0.15) is 0 Å². The lowest BCUT2D eigenvalue weighted by molar-refractivity contribution is -0.143. The zero-order valence-electron chi connectivity index (χ0n) is 49.8. The van der Waals surface area contributed by atoms with Crippen molar-refractivity contribution in [3.8, 4) is 0 Å². The molecule has 0 aliphatic rings. The van der Waals surface area contributed by atoms with Gasteiger partial charge in [-0.3, -0.25) is 9.59 Å². The van der Waals surface area contributed by atoms with E-state index in [4.69, 9.17) is 4.74 Å². The number of nitrogens with one attached hydrogen (secondary N) is 1. The number of hydrogen-bond donors (Lipinski definition) is 3. The normalized spacial score (nSPS) is 12.8. The fourth-order valence-electron chi connectivity index (χ4n) is 10.3. The molecule has 0 saturated heterocycles. The smallest absolute Gasteiger partial charge is 0.305 e. The van der Waals surface area contributed by atoms with E-state index in [2.05, 4.69) is 43.5 Å². The van der Waals surface area contributed by atoms with Gasteiger partial charge >= 0.3 is 5.97 Å². The number of carbonyl (C=O) groups excluding carboxylic acids is 2. The Morgan fingerprint density at radius 1 is 0.365 bits per heavy atom. The lowest BCUT2D eigenvalue weighted by Gasteiger charge is -2.20. The average molecular weight is 1040 g/mol. The summed E-state index contributed by atoms with van der Waals surface area (Å²) < 4.78 is 5.49. The molecule has 0 fully saturated rings. The molecule has 436 valence electrons. The van der Waals surface area contributed by atoms with Crippen LogP contribution in [-0.4, -0.2) is 47.4 Å². The van der Waals surface area contributed by atoms with Crippen LogP contribution in [-0.2, 0) is 14.3 Å². The molecule has 0 aliphatic carbocycles. The number of ether oxygens (including phenoxy) is 1. The van der Waals surface area contributed by atoms with E-state index in [1.807, 2.05) is 6.08 Å². The second-order valence-electron chi connectivity index (χ2n) is 22.8. The number of carbonyl (C=O) groups is 2. The first-order chi connectivity index (χ1) is 36.5. The van der Waals surface area contributed by atoms with E-state index in [0.717, 1.165) is 44.9 Å². The van der Waals surface area contributed by atoms with Gasteiger partial charge in [-0.2, -0.15) is 0 Å². The first-order valence-electron chi connectivity index (χ1n) is 33.3. The predicted octanol–water partition coefficient (Wildman–Crippen LogP) is 21.1. The number of aliphatic hydroxyl groups excluding tert-OH is 2. The molecular weight excluding hydrogens is 911 g/mol. The van der Waals surface area contributed by atoms with Crippen molar-refractivity contribution >= 4 is 11.9 Å². The van der Waals surface area contributed by atoms with Gasteiger partial charge in [-0.05, 0) is 83.5 Å². The Balaban J connectivity index is 3.34. The molecule has 2 unspecified atom stereocenters. The number of esters is 1.